The van der Waals surface area contributed by atoms with Gasteiger partial charge in [0.2, 0.25) is 0 Å². The lowest BCUT2D eigenvalue weighted by molar-refractivity contribution is 0.477. The molecule has 0 aliphatic heterocycles. The first kappa shape index (κ1) is 15.8. The third-order valence-electron chi connectivity index (χ3n) is 3.51. The lowest BCUT2D eigenvalue weighted by atomic mass is 10.1. The Morgan fingerprint density at radius 3 is 2.52 bits per heavy atom. The van der Waals surface area contributed by atoms with Crippen molar-refractivity contribution < 1.29 is 4.74 Å². The first-order chi connectivity index (χ1) is 10.2. The van der Waals surface area contributed by atoms with Crippen LogP contribution in [0.3, 0.4) is 0 Å². The minimum Gasteiger partial charge on any atom is -0.456 e. The van der Waals surface area contributed by atoms with E-state index in [2.05, 4.69) is 24.1 Å². The van der Waals surface area contributed by atoms with Crippen molar-refractivity contribution in [3.8, 4) is 11.5 Å². The maximum atomic E-state index is 6.11. The predicted molar refractivity (Wildman–Crippen MR) is 87.2 cm³/mol. The summed E-state index contributed by atoms with van der Waals surface area (Å²) < 4.78 is 5.84. The number of rotatable bonds is 6. The summed E-state index contributed by atoms with van der Waals surface area (Å²) in [5.41, 5.74) is 2.11. The summed E-state index contributed by atoms with van der Waals surface area (Å²) in [6, 6.07) is 9.93. The molecule has 0 saturated carbocycles. The number of nitrogens with zero attached hydrogens (tertiary/aromatic N) is 1. The van der Waals surface area contributed by atoms with Crippen LogP contribution >= 0.6 is 11.6 Å². The molecule has 0 bridgehead atoms. The summed E-state index contributed by atoms with van der Waals surface area (Å²) in [6.07, 6.45) is 3.64. The molecule has 0 aliphatic rings. The summed E-state index contributed by atoms with van der Waals surface area (Å²) in [6.45, 7) is 4.21. The Kier molecular flexibility index (Phi) is 5.59. The fraction of sp³-hybridized carbons (Fsp3) is 0.353. The Morgan fingerprint density at radius 1 is 1.19 bits per heavy atom. The molecule has 1 unspecified atom stereocenters. The highest BCUT2D eigenvalue weighted by Gasteiger charge is 2.08. The van der Waals surface area contributed by atoms with Crippen LogP contribution in [0.1, 0.15) is 37.6 Å². The molecule has 1 aromatic heterocycles. The van der Waals surface area contributed by atoms with Crippen LogP contribution in [0.25, 0.3) is 0 Å². The molecule has 0 aliphatic carbocycles. The molecule has 1 aromatic carbocycles. The monoisotopic (exact) mass is 304 g/mol. The van der Waals surface area contributed by atoms with Crippen LogP contribution in [0.4, 0.5) is 0 Å². The van der Waals surface area contributed by atoms with Gasteiger partial charge in [0, 0.05) is 11.1 Å². The SMILES string of the molecule is CCc1cc(Oc2ccc(C(CC)NC)nc2)ccc1Cl. The van der Waals surface area contributed by atoms with E-state index in [0.29, 0.717) is 0 Å². The van der Waals surface area contributed by atoms with Crippen molar-refractivity contribution >= 4 is 11.6 Å². The second-order valence-electron chi connectivity index (χ2n) is 4.88. The maximum absolute atomic E-state index is 6.11. The van der Waals surface area contributed by atoms with Gasteiger partial charge in [-0.15, -0.1) is 0 Å². The molecule has 0 radical (unpaired) electrons. The molecule has 1 atom stereocenters. The Hall–Kier alpha value is -1.58. The van der Waals surface area contributed by atoms with Crippen LogP contribution in [-0.4, -0.2) is 12.0 Å². The fourth-order valence-electron chi connectivity index (χ4n) is 2.24. The minimum atomic E-state index is 0.279. The van der Waals surface area contributed by atoms with Crippen LogP contribution < -0.4 is 10.1 Å². The predicted octanol–water partition coefficient (Wildman–Crippen LogP) is 4.76. The summed E-state index contributed by atoms with van der Waals surface area (Å²) in [7, 11) is 1.94. The van der Waals surface area contributed by atoms with Crippen molar-refractivity contribution in [3.63, 3.8) is 0 Å². The number of hydrogen-bond donors (Lipinski definition) is 1. The summed E-state index contributed by atoms with van der Waals surface area (Å²) >= 11 is 6.11. The molecular formula is C17H21ClN2O. The maximum Gasteiger partial charge on any atom is 0.145 e. The zero-order valence-electron chi connectivity index (χ0n) is 12.7. The second-order valence-corrected chi connectivity index (χ2v) is 5.28. The highest BCUT2D eigenvalue weighted by Crippen LogP contribution is 2.27. The van der Waals surface area contributed by atoms with E-state index in [0.717, 1.165) is 40.6 Å². The van der Waals surface area contributed by atoms with Gasteiger partial charge >= 0.3 is 0 Å². The van der Waals surface area contributed by atoms with Crippen molar-refractivity contribution in [2.75, 3.05) is 7.05 Å². The average molecular weight is 305 g/mol. The van der Waals surface area contributed by atoms with Crippen LogP contribution in [-0.2, 0) is 6.42 Å². The number of benzene rings is 1. The van der Waals surface area contributed by atoms with E-state index < -0.39 is 0 Å². The van der Waals surface area contributed by atoms with Crippen molar-refractivity contribution in [1.29, 1.82) is 0 Å². The van der Waals surface area contributed by atoms with Gasteiger partial charge in [-0.3, -0.25) is 4.98 Å². The lowest BCUT2D eigenvalue weighted by Gasteiger charge is -2.14. The van der Waals surface area contributed by atoms with Gasteiger partial charge in [-0.25, -0.2) is 0 Å². The topological polar surface area (TPSA) is 34.1 Å². The number of hydrogen-bond acceptors (Lipinski definition) is 3. The van der Waals surface area contributed by atoms with E-state index in [9.17, 15) is 0 Å². The van der Waals surface area contributed by atoms with Gasteiger partial charge in [0.1, 0.15) is 11.5 Å². The van der Waals surface area contributed by atoms with Gasteiger partial charge < -0.3 is 10.1 Å². The molecule has 0 amide bonds. The third kappa shape index (κ3) is 3.96. The van der Waals surface area contributed by atoms with Crippen molar-refractivity contribution in [3.05, 3.63) is 52.8 Å². The van der Waals surface area contributed by atoms with E-state index >= 15 is 0 Å². The highest BCUT2D eigenvalue weighted by atomic mass is 35.5. The van der Waals surface area contributed by atoms with Crippen LogP contribution in [0.2, 0.25) is 5.02 Å². The third-order valence-corrected chi connectivity index (χ3v) is 3.88. The molecule has 1 N–H and O–H groups in total. The molecule has 0 fully saturated rings. The molecule has 0 spiro atoms. The van der Waals surface area contributed by atoms with Crippen molar-refractivity contribution in [1.82, 2.24) is 10.3 Å². The van der Waals surface area contributed by atoms with Crippen molar-refractivity contribution in [2.45, 2.75) is 32.7 Å². The normalized spacial score (nSPS) is 12.2. The Balaban J connectivity index is 2.13. The van der Waals surface area contributed by atoms with Crippen molar-refractivity contribution in [2.24, 2.45) is 0 Å². The Labute approximate surface area is 131 Å². The summed E-state index contributed by atoms with van der Waals surface area (Å²) in [4.78, 5) is 4.46. The smallest absolute Gasteiger partial charge is 0.145 e. The molecule has 112 valence electrons. The molecule has 21 heavy (non-hydrogen) atoms. The summed E-state index contributed by atoms with van der Waals surface area (Å²) in [5.74, 6) is 1.51. The van der Waals surface area contributed by atoms with Gasteiger partial charge in [0.25, 0.3) is 0 Å². The number of ether oxygens (including phenoxy) is 1. The highest BCUT2D eigenvalue weighted by molar-refractivity contribution is 6.31. The second kappa shape index (κ2) is 7.43. The first-order valence-electron chi connectivity index (χ1n) is 7.27. The zero-order chi connectivity index (χ0) is 15.2. The molecule has 3 nitrogen and oxygen atoms in total. The number of nitrogens with one attached hydrogen (secondary N) is 1. The van der Waals surface area contributed by atoms with E-state index in [1.807, 2.05) is 37.4 Å². The number of aryl methyl sites for hydroxylation is 1. The zero-order valence-corrected chi connectivity index (χ0v) is 13.4. The van der Waals surface area contributed by atoms with Crippen LogP contribution in [0.5, 0.6) is 11.5 Å². The number of halogens is 1. The fourth-order valence-corrected chi connectivity index (χ4v) is 2.49. The van der Waals surface area contributed by atoms with Crippen LogP contribution in [0, 0.1) is 0 Å². The van der Waals surface area contributed by atoms with E-state index in [1.165, 1.54) is 0 Å². The Morgan fingerprint density at radius 2 is 1.95 bits per heavy atom. The molecule has 2 rings (SSSR count). The minimum absolute atomic E-state index is 0.279. The number of aromatic nitrogens is 1. The summed E-state index contributed by atoms with van der Waals surface area (Å²) in [5, 5.41) is 4.02. The largest absolute Gasteiger partial charge is 0.456 e. The molecule has 0 saturated heterocycles. The standard InChI is InChI=1S/C17H21ClN2O/c1-4-12-10-13(6-8-15(12)18)21-14-7-9-17(20-11-14)16(5-2)19-3/h6-11,16,19H,4-5H2,1-3H3. The number of pyridine rings is 1. The quantitative estimate of drug-likeness (QED) is 0.835. The Bertz CT molecular complexity index is 580. The van der Waals surface area contributed by atoms with Gasteiger partial charge in [-0.2, -0.15) is 0 Å². The van der Waals surface area contributed by atoms with Crippen LogP contribution in [0.15, 0.2) is 36.5 Å². The van der Waals surface area contributed by atoms with Gasteiger partial charge in [0.15, 0.2) is 0 Å². The van der Waals surface area contributed by atoms with E-state index in [-0.39, 0.29) is 6.04 Å². The van der Waals surface area contributed by atoms with E-state index in [4.69, 9.17) is 16.3 Å². The van der Waals surface area contributed by atoms with E-state index in [1.54, 1.807) is 6.20 Å². The average Bonchev–Trinajstić information content (AvgIpc) is 2.52. The van der Waals surface area contributed by atoms with Gasteiger partial charge in [-0.1, -0.05) is 25.4 Å². The molecule has 1 heterocycles. The molecule has 2 aromatic rings. The van der Waals surface area contributed by atoms with Gasteiger partial charge in [-0.05, 0) is 55.8 Å². The lowest BCUT2D eigenvalue weighted by Crippen LogP contribution is -2.16. The first-order valence-corrected chi connectivity index (χ1v) is 7.65. The molecule has 4 heteroatoms. The molecular weight excluding hydrogens is 284 g/mol. The van der Waals surface area contributed by atoms with Gasteiger partial charge in [0.05, 0.1) is 11.9 Å².